The normalized spacial score (nSPS) is 19.5. The molecule has 4 rings (SSSR count). The Morgan fingerprint density at radius 2 is 2.18 bits per heavy atom. The molecule has 7 heteroatoms. The van der Waals surface area contributed by atoms with Gasteiger partial charge in [-0.15, -0.1) is 0 Å². The Bertz CT molecular complexity index is 847. The highest BCUT2D eigenvalue weighted by molar-refractivity contribution is 7.99. The second-order valence-corrected chi connectivity index (χ2v) is 8.67. The van der Waals surface area contributed by atoms with Crippen molar-refractivity contribution in [2.45, 2.75) is 45.3 Å². The highest BCUT2D eigenvalue weighted by atomic mass is 32.2. The van der Waals surface area contributed by atoms with Gasteiger partial charge in [0.05, 0.1) is 0 Å². The van der Waals surface area contributed by atoms with Gasteiger partial charge in [-0.25, -0.2) is 4.39 Å². The van der Waals surface area contributed by atoms with Crippen LogP contribution in [0.1, 0.15) is 40.7 Å². The van der Waals surface area contributed by atoms with Crippen molar-refractivity contribution >= 4 is 17.7 Å². The zero-order valence-electron chi connectivity index (χ0n) is 16.3. The lowest BCUT2D eigenvalue weighted by Crippen LogP contribution is -2.39. The van der Waals surface area contributed by atoms with E-state index >= 15 is 0 Å². The van der Waals surface area contributed by atoms with E-state index < -0.39 is 0 Å². The molecule has 1 amide bonds. The Morgan fingerprint density at radius 1 is 1.36 bits per heavy atom. The number of carbonyl (C=O) groups excluding carboxylic acids is 1. The van der Waals surface area contributed by atoms with Gasteiger partial charge in [-0.1, -0.05) is 12.1 Å². The standard InChI is InChI=1S/C21H27FN4OS/c1-2-26-19-7-6-17(23-14-15-4-3-5-16(22)12-15)13-18(19)20(24-26)21(27)25-8-10-28-11-9-25/h3-5,12,17,23H,2,6-11,13-14H2,1H3. The highest BCUT2D eigenvalue weighted by Crippen LogP contribution is 2.27. The summed E-state index contributed by atoms with van der Waals surface area (Å²) >= 11 is 1.90. The molecule has 1 fully saturated rings. The van der Waals surface area contributed by atoms with Crippen molar-refractivity contribution in [1.82, 2.24) is 20.0 Å². The van der Waals surface area contributed by atoms with Gasteiger partial charge < -0.3 is 10.2 Å². The molecule has 1 aliphatic carbocycles. The quantitative estimate of drug-likeness (QED) is 0.836. The van der Waals surface area contributed by atoms with Gasteiger partial charge in [-0.2, -0.15) is 16.9 Å². The number of fused-ring (bicyclic) bond motifs is 1. The van der Waals surface area contributed by atoms with Crippen LogP contribution in [-0.4, -0.2) is 51.2 Å². The molecule has 0 bridgehead atoms. The first-order valence-electron chi connectivity index (χ1n) is 10.1. The SMILES string of the molecule is CCn1nc(C(=O)N2CCSCC2)c2c1CCC(NCc1cccc(F)c1)C2. The van der Waals surface area contributed by atoms with Crippen LogP contribution in [0.2, 0.25) is 0 Å². The third kappa shape index (κ3) is 4.10. The summed E-state index contributed by atoms with van der Waals surface area (Å²) in [6.07, 6.45) is 2.72. The predicted molar refractivity (Wildman–Crippen MR) is 110 cm³/mol. The number of hydrogen-bond donors (Lipinski definition) is 1. The minimum Gasteiger partial charge on any atom is -0.336 e. The van der Waals surface area contributed by atoms with Crippen LogP contribution in [0.25, 0.3) is 0 Å². The lowest BCUT2D eigenvalue weighted by molar-refractivity contribution is 0.0764. The van der Waals surface area contributed by atoms with Crippen LogP contribution in [0.15, 0.2) is 24.3 Å². The second kappa shape index (κ2) is 8.66. The number of carbonyl (C=O) groups is 1. The molecule has 1 aromatic heterocycles. The molecule has 1 aromatic carbocycles. The summed E-state index contributed by atoms with van der Waals surface area (Å²) in [7, 11) is 0. The van der Waals surface area contributed by atoms with E-state index in [0.29, 0.717) is 12.2 Å². The fraction of sp³-hybridized carbons (Fsp3) is 0.524. The Labute approximate surface area is 169 Å². The van der Waals surface area contributed by atoms with Gasteiger partial charge in [0, 0.05) is 55.0 Å². The van der Waals surface area contributed by atoms with E-state index in [1.54, 1.807) is 12.1 Å². The van der Waals surface area contributed by atoms with Crippen molar-refractivity contribution < 1.29 is 9.18 Å². The molecule has 2 aliphatic rings. The number of halogens is 1. The number of rotatable bonds is 5. The van der Waals surface area contributed by atoms with Gasteiger partial charge in [-0.05, 0) is 43.9 Å². The molecular formula is C21H27FN4OS. The van der Waals surface area contributed by atoms with Crippen molar-refractivity contribution in [3.63, 3.8) is 0 Å². The van der Waals surface area contributed by atoms with Crippen LogP contribution >= 0.6 is 11.8 Å². The molecule has 1 unspecified atom stereocenters. The third-order valence-electron chi connectivity index (χ3n) is 5.63. The van der Waals surface area contributed by atoms with Crippen LogP contribution in [-0.2, 0) is 25.9 Å². The number of aryl methyl sites for hydroxylation is 1. The van der Waals surface area contributed by atoms with Gasteiger partial charge in [0.1, 0.15) is 5.82 Å². The van der Waals surface area contributed by atoms with E-state index in [4.69, 9.17) is 5.10 Å². The van der Waals surface area contributed by atoms with Crippen molar-refractivity contribution in [3.05, 3.63) is 52.6 Å². The van der Waals surface area contributed by atoms with Crippen LogP contribution < -0.4 is 5.32 Å². The minimum absolute atomic E-state index is 0.0783. The Kier molecular flexibility index (Phi) is 6.01. The number of amides is 1. The van der Waals surface area contributed by atoms with Crippen LogP contribution in [0.5, 0.6) is 0 Å². The molecule has 5 nitrogen and oxygen atoms in total. The molecule has 2 aromatic rings. The summed E-state index contributed by atoms with van der Waals surface area (Å²) in [4.78, 5) is 15.1. The monoisotopic (exact) mass is 402 g/mol. The molecule has 28 heavy (non-hydrogen) atoms. The molecule has 1 saturated heterocycles. The smallest absolute Gasteiger partial charge is 0.274 e. The summed E-state index contributed by atoms with van der Waals surface area (Å²) in [5.41, 5.74) is 3.90. The second-order valence-electron chi connectivity index (χ2n) is 7.44. The Balaban J connectivity index is 1.50. The van der Waals surface area contributed by atoms with E-state index in [0.717, 1.165) is 61.5 Å². The van der Waals surface area contributed by atoms with Gasteiger partial charge in [0.15, 0.2) is 5.69 Å². The minimum atomic E-state index is -0.206. The fourth-order valence-electron chi connectivity index (χ4n) is 4.12. The van der Waals surface area contributed by atoms with Gasteiger partial charge in [-0.3, -0.25) is 9.48 Å². The van der Waals surface area contributed by atoms with Gasteiger partial charge in [0.2, 0.25) is 0 Å². The van der Waals surface area contributed by atoms with E-state index in [2.05, 4.69) is 12.2 Å². The maximum atomic E-state index is 13.4. The molecule has 1 atom stereocenters. The number of thioether (sulfide) groups is 1. The van der Waals surface area contributed by atoms with Crippen LogP contribution in [0, 0.1) is 5.82 Å². The zero-order chi connectivity index (χ0) is 19.5. The number of nitrogens with zero attached hydrogens (tertiary/aromatic N) is 3. The summed E-state index contributed by atoms with van der Waals surface area (Å²) in [6.45, 7) is 5.10. The first-order chi connectivity index (χ1) is 13.7. The molecular weight excluding hydrogens is 375 g/mol. The molecule has 2 heterocycles. The van der Waals surface area contributed by atoms with Crippen molar-refractivity contribution in [2.75, 3.05) is 24.6 Å². The lowest BCUT2D eigenvalue weighted by Gasteiger charge is -2.27. The Morgan fingerprint density at radius 3 is 2.93 bits per heavy atom. The van der Waals surface area contributed by atoms with E-state index in [-0.39, 0.29) is 17.8 Å². The summed E-state index contributed by atoms with van der Waals surface area (Å²) in [6, 6.07) is 6.98. The van der Waals surface area contributed by atoms with E-state index in [1.165, 1.54) is 11.8 Å². The highest BCUT2D eigenvalue weighted by Gasteiger charge is 2.31. The van der Waals surface area contributed by atoms with Crippen molar-refractivity contribution in [1.29, 1.82) is 0 Å². The topological polar surface area (TPSA) is 50.2 Å². The molecule has 0 saturated carbocycles. The van der Waals surface area contributed by atoms with Gasteiger partial charge in [0.25, 0.3) is 5.91 Å². The molecule has 0 spiro atoms. The fourth-order valence-corrected chi connectivity index (χ4v) is 5.02. The zero-order valence-corrected chi connectivity index (χ0v) is 17.1. The Hall–Kier alpha value is -1.86. The number of hydrogen-bond acceptors (Lipinski definition) is 4. The number of benzene rings is 1. The maximum absolute atomic E-state index is 13.4. The molecule has 1 aliphatic heterocycles. The largest absolute Gasteiger partial charge is 0.336 e. The van der Waals surface area contributed by atoms with E-state index in [1.807, 2.05) is 27.4 Å². The number of nitrogens with one attached hydrogen (secondary N) is 1. The number of aromatic nitrogens is 2. The average molecular weight is 403 g/mol. The first kappa shape index (κ1) is 19.5. The van der Waals surface area contributed by atoms with E-state index in [9.17, 15) is 9.18 Å². The summed E-state index contributed by atoms with van der Waals surface area (Å²) in [5, 5.41) is 8.24. The first-order valence-corrected chi connectivity index (χ1v) is 11.2. The average Bonchev–Trinajstić information content (AvgIpc) is 3.10. The molecule has 1 N–H and O–H groups in total. The molecule has 150 valence electrons. The third-order valence-corrected chi connectivity index (χ3v) is 6.57. The van der Waals surface area contributed by atoms with Crippen LogP contribution in [0.3, 0.4) is 0 Å². The van der Waals surface area contributed by atoms with Gasteiger partial charge >= 0.3 is 0 Å². The lowest BCUT2D eigenvalue weighted by atomic mass is 9.91. The summed E-state index contributed by atoms with van der Waals surface area (Å²) in [5.74, 6) is 1.87. The van der Waals surface area contributed by atoms with Crippen molar-refractivity contribution in [3.8, 4) is 0 Å². The predicted octanol–water partition coefficient (Wildman–Crippen LogP) is 2.88. The summed E-state index contributed by atoms with van der Waals surface area (Å²) < 4.78 is 15.4. The van der Waals surface area contributed by atoms with Crippen molar-refractivity contribution in [2.24, 2.45) is 0 Å². The maximum Gasteiger partial charge on any atom is 0.274 e. The molecule has 0 radical (unpaired) electrons. The van der Waals surface area contributed by atoms with Crippen LogP contribution in [0.4, 0.5) is 4.39 Å².